The summed E-state index contributed by atoms with van der Waals surface area (Å²) in [6, 6.07) is 14.7. The van der Waals surface area contributed by atoms with Crippen LogP contribution in [0.5, 0.6) is 0 Å². The second kappa shape index (κ2) is 4.76. The first-order valence-electron chi connectivity index (χ1n) is 6.60. The predicted octanol–water partition coefficient (Wildman–Crippen LogP) is 3.70. The molecule has 3 rings (SSSR count). The zero-order chi connectivity index (χ0) is 13.2. The lowest BCUT2D eigenvalue weighted by atomic mass is 10.0. The number of benzene rings is 2. The second-order valence-corrected chi connectivity index (χ2v) is 4.76. The summed E-state index contributed by atoms with van der Waals surface area (Å²) in [7, 11) is 0. The third-order valence-electron chi connectivity index (χ3n) is 3.27. The molecule has 19 heavy (non-hydrogen) atoms. The first kappa shape index (κ1) is 11.8. The van der Waals surface area contributed by atoms with Crippen molar-refractivity contribution in [3.8, 4) is 11.3 Å². The third-order valence-corrected chi connectivity index (χ3v) is 3.27. The van der Waals surface area contributed by atoms with Gasteiger partial charge >= 0.3 is 0 Å². The maximum Gasteiger partial charge on any atom is 0.115 e. The van der Waals surface area contributed by atoms with Gasteiger partial charge in [-0.05, 0) is 23.3 Å². The molecule has 3 heteroatoms. The summed E-state index contributed by atoms with van der Waals surface area (Å²) < 4.78 is 1.92. The van der Waals surface area contributed by atoms with E-state index in [-0.39, 0.29) is 0 Å². The van der Waals surface area contributed by atoms with Crippen LogP contribution in [0.25, 0.3) is 22.0 Å². The molecular formula is C16H17N3. The van der Waals surface area contributed by atoms with Crippen molar-refractivity contribution in [2.45, 2.75) is 19.9 Å². The monoisotopic (exact) mass is 251 g/mol. The Morgan fingerprint density at radius 3 is 2.68 bits per heavy atom. The smallest absolute Gasteiger partial charge is 0.115 e. The summed E-state index contributed by atoms with van der Waals surface area (Å²) >= 11 is 0. The van der Waals surface area contributed by atoms with Crippen molar-refractivity contribution < 1.29 is 0 Å². The van der Waals surface area contributed by atoms with Gasteiger partial charge in [0.2, 0.25) is 0 Å². The number of nitrogens with zero attached hydrogens (tertiary/aromatic N) is 2. The fraction of sp³-hybridized carbons (Fsp3) is 0.188. The summed E-state index contributed by atoms with van der Waals surface area (Å²) in [5.41, 5.74) is 8.75. The highest BCUT2D eigenvalue weighted by Gasteiger charge is 2.08. The number of aromatic nitrogens is 2. The Hall–Kier alpha value is -2.29. The molecule has 0 aliphatic heterocycles. The summed E-state index contributed by atoms with van der Waals surface area (Å²) in [5, 5.41) is 7.01. The van der Waals surface area contributed by atoms with Gasteiger partial charge in [-0.15, -0.1) is 0 Å². The van der Waals surface area contributed by atoms with Crippen LogP contribution in [-0.2, 0) is 6.54 Å². The van der Waals surface area contributed by atoms with Crippen LogP contribution in [0.4, 0.5) is 5.69 Å². The quantitative estimate of drug-likeness (QED) is 0.771. The summed E-state index contributed by atoms with van der Waals surface area (Å²) in [5.74, 6) is 0. The Morgan fingerprint density at radius 2 is 1.89 bits per heavy atom. The molecule has 96 valence electrons. The number of fused-ring (bicyclic) bond motifs is 1. The predicted molar refractivity (Wildman–Crippen MR) is 79.9 cm³/mol. The lowest BCUT2D eigenvalue weighted by Crippen LogP contribution is -1.96. The number of rotatable bonds is 3. The van der Waals surface area contributed by atoms with E-state index in [1.807, 2.05) is 23.0 Å². The molecule has 0 saturated carbocycles. The lowest BCUT2D eigenvalue weighted by molar-refractivity contribution is 0.605. The molecule has 3 aromatic rings. The highest BCUT2D eigenvalue weighted by molar-refractivity contribution is 5.88. The van der Waals surface area contributed by atoms with Crippen molar-refractivity contribution in [1.82, 2.24) is 9.78 Å². The van der Waals surface area contributed by atoms with Gasteiger partial charge in [-0.3, -0.25) is 4.68 Å². The summed E-state index contributed by atoms with van der Waals surface area (Å²) in [6.07, 6.45) is 2.96. The molecule has 0 amide bonds. The number of nitrogen functional groups attached to an aromatic ring is 1. The molecule has 2 N–H and O–H groups in total. The van der Waals surface area contributed by atoms with E-state index in [9.17, 15) is 0 Å². The molecule has 2 aromatic carbocycles. The largest absolute Gasteiger partial charge is 0.396 e. The molecular weight excluding hydrogens is 234 g/mol. The van der Waals surface area contributed by atoms with E-state index < -0.39 is 0 Å². The van der Waals surface area contributed by atoms with E-state index in [0.717, 1.165) is 29.9 Å². The van der Waals surface area contributed by atoms with Crippen molar-refractivity contribution in [2.24, 2.45) is 0 Å². The molecule has 0 atom stereocenters. The highest BCUT2D eigenvalue weighted by Crippen LogP contribution is 2.27. The van der Waals surface area contributed by atoms with Crippen LogP contribution in [0.3, 0.4) is 0 Å². The van der Waals surface area contributed by atoms with Crippen LogP contribution in [0.1, 0.15) is 13.3 Å². The zero-order valence-corrected chi connectivity index (χ0v) is 11.0. The SMILES string of the molecule is CCCn1cc(N)c(-c2ccc3ccccc3c2)n1. The lowest BCUT2D eigenvalue weighted by Gasteiger charge is -2.02. The van der Waals surface area contributed by atoms with E-state index in [0.29, 0.717) is 0 Å². The van der Waals surface area contributed by atoms with Gasteiger partial charge in [0, 0.05) is 18.3 Å². The minimum absolute atomic E-state index is 0.740. The molecule has 0 aliphatic carbocycles. The third kappa shape index (κ3) is 2.19. The molecule has 0 radical (unpaired) electrons. The van der Waals surface area contributed by atoms with Gasteiger partial charge in [-0.25, -0.2) is 0 Å². The van der Waals surface area contributed by atoms with Gasteiger partial charge in [0.15, 0.2) is 0 Å². The van der Waals surface area contributed by atoms with Crippen molar-refractivity contribution in [1.29, 1.82) is 0 Å². The first-order valence-corrected chi connectivity index (χ1v) is 6.60. The van der Waals surface area contributed by atoms with Gasteiger partial charge in [0.1, 0.15) is 5.69 Å². The Labute approximate surface area is 112 Å². The van der Waals surface area contributed by atoms with Crippen LogP contribution in [0, 0.1) is 0 Å². The number of aryl methyl sites for hydroxylation is 1. The van der Waals surface area contributed by atoms with Crippen LogP contribution in [0.2, 0.25) is 0 Å². The maximum atomic E-state index is 6.06. The Bertz CT molecular complexity index is 713. The topological polar surface area (TPSA) is 43.8 Å². The molecule has 0 aliphatic rings. The summed E-state index contributed by atoms with van der Waals surface area (Å²) in [4.78, 5) is 0. The van der Waals surface area contributed by atoms with Crippen LogP contribution in [0.15, 0.2) is 48.7 Å². The standard InChI is InChI=1S/C16H17N3/c1-2-9-19-11-15(17)16(18-19)14-8-7-12-5-3-4-6-13(12)10-14/h3-8,10-11H,2,9,17H2,1H3. The van der Waals surface area contributed by atoms with Crippen molar-refractivity contribution >= 4 is 16.5 Å². The maximum absolute atomic E-state index is 6.06. The number of anilines is 1. The number of nitrogens with two attached hydrogens (primary N) is 1. The second-order valence-electron chi connectivity index (χ2n) is 4.76. The van der Waals surface area contributed by atoms with Gasteiger partial charge in [0.05, 0.1) is 5.69 Å². The Balaban J connectivity index is 2.08. The Kier molecular flexibility index (Phi) is 2.95. The average molecular weight is 251 g/mol. The molecule has 0 spiro atoms. The van der Waals surface area contributed by atoms with Gasteiger partial charge in [-0.2, -0.15) is 5.10 Å². The first-order chi connectivity index (χ1) is 9.28. The molecule has 0 fully saturated rings. The normalized spacial score (nSPS) is 11.0. The van der Waals surface area contributed by atoms with Crippen LogP contribution < -0.4 is 5.73 Å². The van der Waals surface area contributed by atoms with Gasteiger partial charge < -0.3 is 5.73 Å². The zero-order valence-electron chi connectivity index (χ0n) is 11.0. The fourth-order valence-corrected chi connectivity index (χ4v) is 2.34. The molecule has 0 saturated heterocycles. The minimum Gasteiger partial charge on any atom is -0.396 e. The highest BCUT2D eigenvalue weighted by atomic mass is 15.3. The summed E-state index contributed by atoms with van der Waals surface area (Å²) in [6.45, 7) is 3.03. The Morgan fingerprint density at radius 1 is 1.11 bits per heavy atom. The van der Waals surface area contributed by atoms with Gasteiger partial charge in [0.25, 0.3) is 0 Å². The van der Waals surface area contributed by atoms with E-state index in [1.54, 1.807) is 0 Å². The van der Waals surface area contributed by atoms with E-state index >= 15 is 0 Å². The number of hydrogen-bond acceptors (Lipinski definition) is 2. The average Bonchev–Trinajstić information content (AvgIpc) is 2.79. The molecule has 1 heterocycles. The van der Waals surface area contributed by atoms with Crippen molar-refractivity contribution in [3.05, 3.63) is 48.7 Å². The number of hydrogen-bond donors (Lipinski definition) is 1. The van der Waals surface area contributed by atoms with E-state index in [1.165, 1.54) is 10.8 Å². The van der Waals surface area contributed by atoms with E-state index in [2.05, 4.69) is 42.4 Å². The van der Waals surface area contributed by atoms with Gasteiger partial charge in [-0.1, -0.05) is 43.3 Å². The molecule has 0 bridgehead atoms. The van der Waals surface area contributed by atoms with Crippen LogP contribution in [-0.4, -0.2) is 9.78 Å². The molecule has 3 nitrogen and oxygen atoms in total. The molecule has 0 unspecified atom stereocenters. The minimum atomic E-state index is 0.740. The molecule has 1 aromatic heterocycles. The van der Waals surface area contributed by atoms with E-state index in [4.69, 9.17) is 5.73 Å². The fourth-order valence-electron chi connectivity index (χ4n) is 2.34. The van der Waals surface area contributed by atoms with Crippen molar-refractivity contribution in [3.63, 3.8) is 0 Å². The van der Waals surface area contributed by atoms with Crippen LogP contribution >= 0.6 is 0 Å². The van der Waals surface area contributed by atoms with Crippen molar-refractivity contribution in [2.75, 3.05) is 5.73 Å².